The highest BCUT2D eigenvalue weighted by Gasteiger charge is 2.16. The van der Waals surface area contributed by atoms with Gasteiger partial charge in [-0.05, 0) is 44.2 Å². The fourth-order valence-electron chi connectivity index (χ4n) is 2.93. The predicted molar refractivity (Wildman–Crippen MR) is 85.9 cm³/mol. The Labute approximate surface area is 128 Å². The van der Waals surface area contributed by atoms with Gasteiger partial charge in [0, 0.05) is 6.61 Å². The average molecular weight is 290 g/mol. The zero-order chi connectivity index (χ0) is 15.1. The van der Waals surface area contributed by atoms with Crippen LogP contribution in [-0.4, -0.2) is 32.4 Å². The largest absolute Gasteiger partial charge is 0.487 e. The standard InChI is InChI=1S/C18H27NO2/c1-4-6-16-12-14(2)11-15(3)18(16)21-10-8-19-13-17-7-5-9-20-17/h4,11-12,17,19H,1,5-10,13H2,2-3H3/p+1/t17-/m1/s1. The van der Waals surface area contributed by atoms with E-state index in [9.17, 15) is 0 Å². The van der Waals surface area contributed by atoms with Crippen LogP contribution in [0.25, 0.3) is 0 Å². The Morgan fingerprint density at radius 3 is 3.00 bits per heavy atom. The second-order valence-corrected chi connectivity index (χ2v) is 5.86. The summed E-state index contributed by atoms with van der Waals surface area (Å²) in [4.78, 5) is 0. The lowest BCUT2D eigenvalue weighted by Crippen LogP contribution is -2.87. The molecule has 0 unspecified atom stereocenters. The molecular formula is C18H28NO2+. The molecule has 1 aromatic rings. The molecule has 1 atom stereocenters. The van der Waals surface area contributed by atoms with Crippen LogP contribution in [-0.2, 0) is 11.2 Å². The summed E-state index contributed by atoms with van der Waals surface area (Å²) in [6.07, 6.45) is 5.66. The highest BCUT2D eigenvalue weighted by atomic mass is 16.5. The second kappa shape index (κ2) is 8.20. The first kappa shape index (κ1) is 16.1. The van der Waals surface area contributed by atoms with Crippen LogP contribution in [0.5, 0.6) is 5.75 Å². The number of benzene rings is 1. The average Bonchev–Trinajstić information content (AvgIpc) is 2.94. The lowest BCUT2D eigenvalue weighted by Gasteiger charge is -2.14. The van der Waals surface area contributed by atoms with Gasteiger partial charge in [0.2, 0.25) is 0 Å². The van der Waals surface area contributed by atoms with Gasteiger partial charge in [0.25, 0.3) is 0 Å². The van der Waals surface area contributed by atoms with E-state index in [1.54, 1.807) is 0 Å². The topological polar surface area (TPSA) is 35.1 Å². The number of aryl methyl sites for hydroxylation is 2. The van der Waals surface area contributed by atoms with Crippen molar-refractivity contribution in [3.63, 3.8) is 0 Å². The van der Waals surface area contributed by atoms with Crippen LogP contribution in [0.4, 0.5) is 0 Å². The van der Waals surface area contributed by atoms with Crippen molar-refractivity contribution in [2.75, 3.05) is 26.3 Å². The molecule has 1 saturated heterocycles. The monoisotopic (exact) mass is 290 g/mol. The van der Waals surface area contributed by atoms with Gasteiger partial charge in [-0.15, -0.1) is 6.58 Å². The first-order valence-corrected chi connectivity index (χ1v) is 7.97. The van der Waals surface area contributed by atoms with Gasteiger partial charge in [0.05, 0.1) is 0 Å². The third kappa shape index (κ3) is 4.87. The lowest BCUT2D eigenvalue weighted by molar-refractivity contribution is -0.661. The number of nitrogens with two attached hydrogens (primary N) is 1. The van der Waals surface area contributed by atoms with Crippen LogP contribution >= 0.6 is 0 Å². The maximum atomic E-state index is 6.02. The van der Waals surface area contributed by atoms with Crippen LogP contribution in [0, 0.1) is 13.8 Å². The molecule has 21 heavy (non-hydrogen) atoms. The molecular weight excluding hydrogens is 262 g/mol. The van der Waals surface area contributed by atoms with E-state index in [4.69, 9.17) is 9.47 Å². The summed E-state index contributed by atoms with van der Waals surface area (Å²) in [5, 5.41) is 2.30. The van der Waals surface area contributed by atoms with Gasteiger partial charge in [0.1, 0.15) is 31.5 Å². The summed E-state index contributed by atoms with van der Waals surface area (Å²) in [5.41, 5.74) is 3.73. The van der Waals surface area contributed by atoms with E-state index in [2.05, 4.69) is 37.9 Å². The fourth-order valence-corrected chi connectivity index (χ4v) is 2.93. The summed E-state index contributed by atoms with van der Waals surface area (Å²) in [6, 6.07) is 4.37. The molecule has 2 N–H and O–H groups in total. The van der Waals surface area contributed by atoms with Crippen LogP contribution in [0.3, 0.4) is 0 Å². The molecule has 1 heterocycles. The van der Waals surface area contributed by atoms with Gasteiger partial charge in [-0.2, -0.15) is 0 Å². The summed E-state index contributed by atoms with van der Waals surface area (Å²) >= 11 is 0. The highest BCUT2D eigenvalue weighted by Crippen LogP contribution is 2.26. The minimum absolute atomic E-state index is 0.447. The molecule has 1 aliphatic rings. The maximum absolute atomic E-state index is 6.02. The van der Waals surface area contributed by atoms with E-state index < -0.39 is 0 Å². The normalized spacial score (nSPS) is 17.9. The molecule has 3 heteroatoms. The molecule has 2 rings (SSSR count). The van der Waals surface area contributed by atoms with Crippen molar-refractivity contribution >= 4 is 0 Å². The summed E-state index contributed by atoms with van der Waals surface area (Å²) in [6.45, 7) is 11.8. The zero-order valence-corrected chi connectivity index (χ0v) is 13.4. The van der Waals surface area contributed by atoms with Gasteiger partial charge >= 0.3 is 0 Å². The SMILES string of the molecule is C=CCc1cc(C)cc(C)c1OCC[NH2+]C[C@H]1CCCO1. The Morgan fingerprint density at radius 2 is 2.29 bits per heavy atom. The number of quaternary nitrogens is 1. The maximum Gasteiger partial charge on any atom is 0.137 e. The van der Waals surface area contributed by atoms with Crippen molar-refractivity contribution in [2.45, 2.75) is 39.2 Å². The van der Waals surface area contributed by atoms with Crippen LogP contribution in [0.1, 0.15) is 29.5 Å². The van der Waals surface area contributed by atoms with Crippen molar-refractivity contribution in [2.24, 2.45) is 0 Å². The molecule has 0 radical (unpaired) electrons. The Bertz CT molecular complexity index is 465. The molecule has 0 saturated carbocycles. The third-order valence-electron chi connectivity index (χ3n) is 3.88. The molecule has 0 aliphatic carbocycles. The molecule has 116 valence electrons. The minimum atomic E-state index is 0.447. The Morgan fingerprint density at radius 1 is 1.43 bits per heavy atom. The molecule has 0 bridgehead atoms. The Hall–Kier alpha value is -1.32. The van der Waals surface area contributed by atoms with Crippen LogP contribution in [0.2, 0.25) is 0 Å². The first-order chi connectivity index (χ1) is 10.2. The van der Waals surface area contributed by atoms with Crippen molar-refractivity contribution < 1.29 is 14.8 Å². The molecule has 3 nitrogen and oxygen atoms in total. The van der Waals surface area contributed by atoms with Gasteiger partial charge < -0.3 is 14.8 Å². The van der Waals surface area contributed by atoms with Crippen molar-refractivity contribution in [3.05, 3.63) is 41.5 Å². The first-order valence-electron chi connectivity index (χ1n) is 7.97. The number of ether oxygens (including phenoxy) is 2. The van der Waals surface area contributed by atoms with E-state index in [0.717, 1.165) is 38.5 Å². The van der Waals surface area contributed by atoms with Crippen molar-refractivity contribution in [1.82, 2.24) is 0 Å². The third-order valence-corrected chi connectivity index (χ3v) is 3.88. The van der Waals surface area contributed by atoms with Gasteiger partial charge in [-0.1, -0.05) is 23.8 Å². The molecule has 1 fully saturated rings. The Kier molecular flexibility index (Phi) is 6.27. The summed E-state index contributed by atoms with van der Waals surface area (Å²) < 4.78 is 11.6. The van der Waals surface area contributed by atoms with E-state index in [-0.39, 0.29) is 0 Å². The quantitative estimate of drug-likeness (QED) is 0.588. The highest BCUT2D eigenvalue weighted by molar-refractivity contribution is 5.44. The molecule has 1 aromatic carbocycles. The van der Waals surface area contributed by atoms with Gasteiger partial charge in [-0.3, -0.25) is 0 Å². The molecule has 1 aliphatic heterocycles. The summed E-state index contributed by atoms with van der Waals surface area (Å²) in [7, 11) is 0. The fraction of sp³-hybridized carbons (Fsp3) is 0.556. The minimum Gasteiger partial charge on any atom is -0.487 e. The van der Waals surface area contributed by atoms with E-state index in [0.29, 0.717) is 6.10 Å². The zero-order valence-electron chi connectivity index (χ0n) is 13.4. The lowest BCUT2D eigenvalue weighted by atomic mass is 10.0. The summed E-state index contributed by atoms with van der Waals surface area (Å²) in [5.74, 6) is 1.03. The number of hydrogen-bond acceptors (Lipinski definition) is 2. The van der Waals surface area contributed by atoms with E-state index >= 15 is 0 Å². The second-order valence-electron chi connectivity index (χ2n) is 5.86. The molecule has 0 spiro atoms. The van der Waals surface area contributed by atoms with E-state index in [1.807, 2.05) is 6.08 Å². The van der Waals surface area contributed by atoms with E-state index in [1.165, 1.54) is 29.5 Å². The van der Waals surface area contributed by atoms with Gasteiger partial charge in [0.15, 0.2) is 0 Å². The van der Waals surface area contributed by atoms with Crippen molar-refractivity contribution in [3.8, 4) is 5.75 Å². The number of allylic oxidation sites excluding steroid dienone is 1. The van der Waals surface area contributed by atoms with Crippen LogP contribution in [0.15, 0.2) is 24.8 Å². The van der Waals surface area contributed by atoms with Gasteiger partial charge in [-0.25, -0.2) is 0 Å². The molecule has 0 aromatic heterocycles. The van der Waals surface area contributed by atoms with Crippen LogP contribution < -0.4 is 10.1 Å². The smallest absolute Gasteiger partial charge is 0.137 e. The number of hydrogen-bond donors (Lipinski definition) is 1. The number of rotatable bonds is 8. The Balaban J connectivity index is 1.80. The molecule has 0 amide bonds. The predicted octanol–water partition coefficient (Wildman–Crippen LogP) is 2.15. The van der Waals surface area contributed by atoms with Crippen molar-refractivity contribution in [1.29, 1.82) is 0 Å².